The minimum Gasteiger partial charge on any atom is -0.313 e. The third kappa shape index (κ3) is 3.80. The first-order chi connectivity index (χ1) is 10.0. The van der Waals surface area contributed by atoms with E-state index in [9.17, 15) is 10.1 Å². The summed E-state index contributed by atoms with van der Waals surface area (Å²) >= 11 is 0. The smallest absolute Gasteiger partial charge is 0.272 e. The molecule has 1 saturated heterocycles. The number of hydrogen-bond donors (Lipinski definition) is 1. The van der Waals surface area contributed by atoms with Crippen LogP contribution in [-0.4, -0.2) is 35.5 Å². The van der Waals surface area contributed by atoms with E-state index in [1.54, 1.807) is 13.0 Å². The molecule has 0 saturated carbocycles. The predicted octanol–water partition coefficient (Wildman–Crippen LogP) is 3.04. The Kier molecular flexibility index (Phi) is 5.31. The number of hydrogen-bond acceptors (Lipinski definition) is 4. The summed E-state index contributed by atoms with van der Waals surface area (Å²) in [5.74, 6) is 0. The first-order valence-electron chi connectivity index (χ1n) is 7.75. The molecule has 5 heteroatoms. The number of benzene rings is 1. The molecule has 0 aromatic heterocycles. The molecule has 0 amide bonds. The van der Waals surface area contributed by atoms with Crippen LogP contribution in [0.4, 0.5) is 5.69 Å². The molecule has 5 nitrogen and oxygen atoms in total. The SMILES string of the molecule is CCN(CC1CCCN1)C(C)c1ccc(C)c([N+](=O)[O-])c1. The van der Waals surface area contributed by atoms with Gasteiger partial charge in [-0.1, -0.05) is 19.1 Å². The van der Waals surface area contributed by atoms with E-state index >= 15 is 0 Å². The molecule has 21 heavy (non-hydrogen) atoms. The van der Waals surface area contributed by atoms with E-state index in [1.807, 2.05) is 12.1 Å². The van der Waals surface area contributed by atoms with E-state index in [1.165, 1.54) is 12.8 Å². The van der Waals surface area contributed by atoms with Gasteiger partial charge in [-0.2, -0.15) is 0 Å². The summed E-state index contributed by atoms with van der Waals surface area (Å²) in [4.78, 5) is 13.2. The zero-order valence-corrected chi connectivity index (χ0v) is 13.1. The molecule has 1 heterocycles. The van der Waals surface area contributed by atoms with Gasteiger partial charge in [-0.05, 0) is 45.3 Å². The quantitative estimate of drug-likeness (QED) is 0.646. The van der Waals surface area contributed by atoms with Gasteiger partial charge in [-0.15, -0.1) is 0 Å². The van der Waals surface area contributed by atoms with Crippen LogP contribution in [0, 0.1) is 17.0 Å². The average Bonchev–Trinajstić information content (AvgIpc) is 2.97. The maximum atomic E-state index is 11.1. The van der Waals surface area contributed by atoms with Crippen LogP contribution in [0.2, 0.25) is 0 Å². The lowest BCUT2D eigenvalue weighted by molar-refractivity contribution is -0.385. The molecule has 2 atom stereocenters. The molecule has 0 bridgehead atoms. The second-order valence-electron chi connectivity index (χ2n) is 5.86. The maximum absolute atomic E-state index is 11.1. The van der Waals surface area contributed by atoms with E-state index in [4.69, 9.17) is 0 Å². The van der Waals surface area contributed by atoms with Crippen molar-refractivity contribution in [3.63, 3.8) is 0 Å². The van der Waals surface area contributed by atoms with Gasteiger partial charge in [-0.3, -0.25) is 15.0 Å². The van der Waals surface area contributed by atoms with Crippen molar-refractivity contribution in [3.8, 4) is 0 Å². The van der Waals surface area contributed by atoms with Gasteiger partial charge in [0, 0.05) is 30.3 Å². The van der Waals surface area contributed by atoms with Crippen LogP contribution < -0.4 is 5.32 Å². The van der Waals surface area contributed by atoms with Crippen LogP contribution in [0.15, 0.2) is 18.2 Å². The highest BCUT2D eigenvalue weighted by molar-refractivity contribution is 5.43. The van der Waals surface area contributed by atoms with E-state index in [0.717, 1.165) is 30.8 Å². The van der Waals surface area contributed by atoms with Crippen LogP contribution in [0.1, 0.15) is 43.9 Å². The molecule has 1 aliphatic rings. The van der Waals surface area contributed by atoms with Gasteiger partial charge in [0.2, 0.25) is 0 Å². The first-order valence-corrected chi connectivity index (χ1v) is 7.75. The van der Waals surface area contributed by atoms with Crippen LogP contribution in [-0.2, 0) is 0 Å². The first kappa shape index (κ1) is 15.9. The van der Waals surface area contributed by atoms with Crippen LogP contribution in [0.5, 0.6) is 0 Å². The van der Waals surface area contributed by atoms with Crippen molar-refractivity contribution in [1.29, 1.82) is 0 Å². The summed E-state index contributed by atoms with van der Waals surface area (Å²) in [5.41, 5.74) is 1.96. The lowest BCUT2D eigenvalue weighted by atomic mass is 10.0. The molecule has 0 radical (unpaired) electrons. The largest absolute Gasteiger partial charge is 0.313 e. The fraction of sp³-hybridized carbons (Fsp3) is 0.625. The van der Waals surface area contributed by atoms with Gasteiger partial charge in [0.15, 0.2) is 0 Å². The highest BCUT2D eigenvalue weighted by atomic mass is 16.6. The third-order valence-electron chi connectivity index (χ3n) is 4.48. The highest BCUT2D eigenvalue weighted by Crippen LogP contribution is 2.27. The van der Waals surface area contributed by atoms with Crippen LogP contribution in [0.25, 0.3) is 0 Å². The van der Waals surface area contributed by atoms with E-state index < -0.39 is 0 Å². The summed E-state index contributed by atoms with van der Waals surface area (Å²) in [5, 5.41) is 14.6. The monoisotopic (exact) mass is 291 g/mol. The molecule has 1 aliphatic heterocycles. The van der Waals surface area contributed by atoms with Gasteiger partial charge in [0.25, 0.3) is 5.69 Å². The van der Waals surface area contributed by atoms with Crippen molar-refractivity contribution in [2.24, 2.45) is 0 Å². The molecule has 1 aromatic carbocycles. The van der Waals surface area contributed by atoms with Gasteiger partial charge in [-0.25, -0.2) is 0 Å². The van der Waals surface area contributed by atoms with Crippen molar-refractivity contribution in [2.45, 2.75) is 45.7 Å². The Morgan fingerprint density at radius 1 is 1.52 bits per heavy atom. The summed E-state index contributed by atoms with van der Waals surface area (Å²) in [6.07, 6.45) is 2.46. The van der Waals surface area contributed by atoms with Crippen molar-refractivity contribution in [3.05, 3.63) is 39.4 Å². The molecule has 2 rings (SSSR count). The Morgan fingerprint density at radius 2 is 2.29 bits per heavy atom. The molecule has 2 unspecified atom stereocenters. The fourth-order valence-corrected chi connectivity index (χ4v) is 3.05. The lowest BCUT2D eigenvalue weighted by Crippen LogP contribution is -2.38. The summed E-state index contributed by atoms with van der Waals surface area (Å²) in [7, 11) is 0. The Hall–Kier alpha value is -1.46. The highest BCUT2D eigenvalue weighted by Gasteiger charge is 2.22. The van der Waals surface area contributed by atoms with E-state index in [2.05, 4.69) is 24.1 Å². The molecule has 1 N–H and O–H groups in total. The summed E-state index contributed by atoms with van der Waals surface area (Å²) < 4.78 is 0. The molecular formula is C16H25N3O2. The molecular weight excluding hydrogens is 266 g/mol. The number of nitro groups is 1. The lowest BCUT2D eigenvalue weighted by Gasteiger charge is -2.30. The van der Waals surface area contributed by atoms with Gasteiger partial charge in [0.1, 0.15) is 0 Å². The average molecular weight is 291 g/mol. The predicted molar refractivity (Wildman–Crippen MR) is 84.5 cm³/mol. The Bertz CT molecular complexity index is 498. The van der Waals surface area contributed by atoms with Crippen LogP contribution >= 0.6 is 0 Å². The molecule has 1 aromatic rings. The van der Waals surface area contributed by atoms with Gasteiger partial charge >= 0.3 is 0 Å². The number of nitro benzene ring substituents is 1. The van der Waals surface area contributed by atoms with Gasteiger partial charge < -0.3 is 5.32 Å². The zero-order valence-electron chi connectivity index (χ0n) is 13.1. The Labute approximate surface area is 126 Å². The van der Waals surface area contributed by atoms with Crippen molar-refractivity contribution in [2.75, 3.05) is 19.6 Å². The number of rotatable bonds is 6. The minimum absolute atomic E-state index is 0.191. The molecule has 116 valence electrons. The third-order valence-corrected chi connectivity index (χ3v) is 4.48. The number of likely N-dealkylation sites (N-methyl/N-ethyl adjacent to an activating group) is 1. The van der Waals surface area contributed by atoms with E-state index in [-0.39, 0.29) is 16.7 Å². The fourth-order valence-electron chi connectivity index (χ4n) is 3.05. The number of aryl methyl sites for hydroxylation is 1. The maximum Gasteiger partial charge on any atom is 0.272 e. The molecule has 0 spiro atoms. The second kappa shape index (κ2) is 7.00. The number of nitrogens with zero attached hydrogens (tertiary/aromatic N) is 2. The van der Waals surface area contributed by atoms with Crippen molar-refractivity contribution in [1.82, 2.24) is 10.2 Å². The molecule has 0 aliphatic carbocycles. The second-order valence-corrected chi connectivity index (χ2v) is 5.86. The van der Waals surface area contributed by atoms with Gasteiger partial charge in [0.05, 0.1) is 4.92 Å². The summed E-state index contributed by atoms with van der Waals surface area (Å²) in [6, 6.07) is 6.33. The topological polar surface area (TPSA) is 58.4 Å². The zero-order chi connectivity index (χ0) is 15.4. The minimum atomic E-state index is -0.291. The summed E-state index contributed by atoms with van der Waals surface area (Å²) in [6.45, 7) is 9.11. The van der Waals surface area contributed by atoms with Crippen molar-refractivity contribution < 1.29 is 4.92 Å². The van der Waals surface area contributed by atoms with Crippen molar-refractivity contribution >= 4 is 5.69 Å². The number of nitrogens with one attached hydrogen (secondary N) is 1. The molecule has 1 fully saturated rings. The van der Waals surface area contributed by atoms with Crippen LogP contribution in [0.3, 0.4) is 0 Å². The Balaban J connectivity index is 2.14. The normalized spacial score (nSPS) is 19.9. The Morgan fingerprint density at radius 3 is 2.86 bits per heavy atom. The standard InChI is InChI=1S/C16H25N3O2/c1-4-18(11-15-6-5-9-17-15)13(3)14-8-7-12(2)16(10-14)19(20)21/h7-8,10,13,15,17H,4-6,9,11H2,1-3H3. The van der Waals surface area contributed by atoms with E-state index in [0.29, 0.717) is 6.04 Å².